The first-order valence-corrected chi connectivity index (χ1v) is 6.98. The van der Waals surface area contributed by atoms with Crippen LogP contribution in [0.25, 0.3) is 0 Å². The molecule has 1 saturated heterocycles. The van der Waals surface area contributed by atoms with E-state index in [2.05, 4.69) is 11.9 Å². The number of hydrogen-bond acceptors (Lipinski definition) is 4. The molecular weight excluding hydrogens is 278 g/mol. The lowest BCUT2D eigenvalue weighted by molar-refractivity contribution is 0.0697. The van der Waals surface area contributed by atoms with Crippen molar-refractivity contribution in [1.82, 2.24) is 4.90 Å². The van der Waals surface area contributed by atoms with Gasteiger partial charge in [-0.1, -0.05) is 11.6 Å². The van der Waals surface area contributed by atoms with Gasteiger partial charge in [-0.2, -0.15) is 0 Å². The molecule has 0 amide bonds. The lowest BCUT2D eigenvalue weighted by Gasteiger charge is -2.26. The number of halogens is 1. The van der Waals surface area contributed by atoms with Crippen molar-refractivity contribution in [2.24, 2.45) is 5.92 Å². The van der Waals surface area contributed by atoms with Crippen LogP contribution < -0.4 is 10.6 Å². The van der Waals surface area contributed by atoms with Crippen LogP contribution in [-0.2, 0) is 0 Å². The van der Waals surface area contributed by atoms with Crippen LogP contribution in [0.1, 0.15) is 16.8 Å². The van der Waals surface area contributed by atoms with Crippen LogP contribution in [0.4, 0.5) is 11.4 Å². The van der Waals surface area contributed by atoms with E-state index in [1.54, 1.807) is 6.07 Å². The SMILES string of the molecule is CN1CCC(CN(C)c2c(Cl)cc(N)cc2C(=O)O)C1. The highest BCUT2D eigenvalue weighted by Gasteiger charge is 2.24. The van der Waals surface area contributed by atoms with E-state index >= 15 is 0 Å². The Morgan fingerprint density at radius 2 is 2.30 bits per heavy atom. The number of nitrogen functional groups attached to an aromatic ring is 1. The fourth-order valence-corrected chi connectivity index (χ4v) is 3.20. The normalized spacial score (nSPS) is 19.2. The number of carbonyl (C=O) groups is 1. The van der Waals surface area contributed by atoms with Gasteiger partial charge in [0.25, 0.3) is 0 Å². The molecule has 110 valence electrons. The summed E-state index contributed by atoms with van der Waals surface area (Å²) in [7, 11) is 3.97. The molecule has 6 heteroatoms. The average molecular weight is 298 g/mol. The molecule has 0 aliphatic carbocycles. The number of anilines is 2. The van der Waals surface area contributed by atoms with Crippen LogP contribution in [0, 0.1) is 5.92 Å². The van der Waals surface area contributed by atoms with E-state index < -0.39 is 5.97 Å². The summed E-state index contributed by atoms with van der Waals surface area (Å²) in [6.07, 6.45) is 1.12. The number of aromatic carboxylic acids is 1. The molecule has 1 aromatic rings. The van der Waals surface area contributed by atoms with Crippen LogP contribution in [0.3, 0.4) is 0 Å². The Hall–Kier alpha value is -1.46. The maximum absolute atomic E-state index is 11.4. The third-order valence-electron chi connectivity index (χ3n) is 3.72. The summed E-state index contributed by atoms with van der Waals surface area (Å²) in [5, 5.41) is 9.70. The van der Waals surface area contributed by atoms with Gasteiger partial charge in [0.05, 0.1) is 16.3 Å². The zero-order chi connectivity index (χ0) is 14.9. The predicted octanol–water partition coefficient (Wildman–Crippen LogP) is 2.01. The molecule has 0 radical (unpaired) electrons. The minimum Gasteiger partial charge on any atom is -0.478 e. The lowest BCUT2D eigenvalue weighted by atomic mass is 10.1. The maximum atomic E-state index is 11.4. The number of likely N-dealkylation sites (tertiary alicyclic amines) is 1. The van der Waals surface area contributed by atoms with Gasteiger partial charge in [0, 0.05) is 25.8 Å². The molecule has 0 bridgehead atoms. The van der Waals surface area contributed by atoms with E-state index in [4.69, 9.17) is 17.3 Å². The molecule has 20 heavy (non-hydrogen) atoms. The number of nitrogens with two attached hydrogens (primary N) is 1. The van der Waals surface area contributed by atoms with Crippen molar-refractivity contribution in [2.45, 2.75) is 6.42 Å². The minimum atomic E-state index is -1.01. The van der Waals surface area contributed by atoms with E-state index in [0.29, 0.717) is 22.3 Å². The standard InChI is InChI=1S/C14H20ClN3O2/c1-17-4-3-9(7-17)8-18(2)13-11(14(19)20)5-10(16)6-12(13)15/h5-6,9H,3-4,7-8,16H2,1-2H3,(H,19,20). The molecule has 1 aromatic carbocycles. The van der Waals surface area contributed by atoms with E-state index in [-0.39, 0.29) is 5.56 Å². The van der Waals surface area contributed by atoms with Crippen molar-refractivity contribution in [1.29, 1.82) is 0 Å². The van der Waals surface area contributed by atoms with Crippen molar-refractivity contribution < 1.29 is 9.90 Å². The summed E-state index contributed by atoms with van der Waals surface area (Å²) in [4.78, 5) is 15.6. The lowest BCUT2D eigenvalue weighted by Crippen LogP contribution is -2.28. The second-order valence-electron chi connectivity index (χ2n) is 5.50. The van der Waals surface area contributed by atoms with Gasteiger partial charge in [0.2, 0.25) is 0 Å². The summed E-state index contributed by atoms with van der Waals surface area (Å²) >= 11 is 6.19. The Morgan fingerprint density at radius 1 is 1.60 bits per heavy atom. The van der Waals surface area contributed by atoms with Crippen LogP contribution in [-0.4, -0.2) is 49.7 Å². The van der Waals surface area contributed by atoms with Crippen molar-refractivity contribution in [3.8, 4) is 0 Å². The molecule has 1 fully saturated rings. The molecule has 1 unspecified atom stereocenters. The fourth-order valence-electron chi connectivity index (χ4n) is 2.82. The zero-order valence-electron chi connectivity index (χ0n) is 11.8. The monoisotopic (exact) mass is 297 g/mol. The smallest absolute Gasteiger partial charge is 0.337 e. The Morgan fingerprint density at radius 3 is 2.85 bits per heavy atom. The first-order valence-electron chi connectivity index (χ1n) is 6.60. The molecule has 1 aliphatic rings. The van der Waals surface area contributed by atoms with Gasteiger partial charge >= 0.3 is 5.97 Å². The third-order valence-corrected chi connectivity index (χ3v) is 4.01. The Labute approximate surface area is 123 Å². The largest absolute Gasteiger partial charge is 0.478 e. The molecule has 1 atom stereocenters. The number of benzene rings is 1. The molecule has 0 aromatic heterocycles. The van der Waals surface area contributed by atoms with E-state index in [1.807, 2.05) is 11.9 Å². The van der Waals surface area contributed by atoms with E-state index in [9.17, 15) is 9.90 Å². The zero-order valence-corrected chi connectivity index (χ0v) is 12.5. The minimum absolute atomic E-state index is 0.156. The van der Waals surface area contributed by atoms with Crippen molar-refractivity contribution in [2.75, 3.05) is 44.4 Å². The first kappa shape index (κ1) is 14.9. The van der Waals surface area contributed by atoms with Crippen LogP contribution >= 0.6 is 11.6 Å². The van der Waals surface area contributed by atoms with Crippen molar-refractivity contribution in [3.05, 3.63) is 22.7 Å². The Bertz CT molecular complexity index is 521. The van der Waals surface area contributed by atoms with Crippen LogP contribution in [0.2, 0.25) is 5.02 Å². The third kappa shape index (κ3) is 3.16. The topological polar surface area (TPSA) is 69.8 Å². The number of rotatable bonds is 4. The van der Waals surface area contributed by atoms with Gasteiger partial charge in [-0.05, 0) is 38.1 Å². The predicted molar refractivity (Wildman–Crippen MR) is 81.7 cm³/mol. The second-order valence-corrected chi connectivity index (χ2v) is 5.91. The van der Waals surface area contributed by atoms with Crippen molar-refractivity contribution >= 4 is 28.9 Å². The molecule has 3 N–H and O–H groups in total. The molecule has 1 aliphatic heterocycles. The summed E-state index contributed by atoms with van der Waals surface area (Å²) in [5.41, 5.74) is 6.74. The molecule has 2 rings (SSSR count). The van der Waals surface area contributed by atoms with Gasteiger partial charge < -0.3 is 20.6 Å². The van der Waals surface area contributed by atoms with Gasteiger partial charge in [0.15, 0.2) is 0 Å². The van der Waals surface area contributed by atoms with Gasteiger partial charge in [-0.15, -0.1) is 0 Å². The highest BCUT2D eigenvalue weighted by molar-refractivity contribution is 6.34. The highest BCUT2D eigenvalue weighted by atomic mass is 35.5. The number of carboxylic acid groups (broad SMARTS) is 1. The van der Waals surface area contributed by atoms with Gasteiger partial charge in [-0.3, -0.25) is 0 Å². The second kappa shape index (κ2) is 5.89. The van der Waals surface area contributed by atoms with Crippen molar-refractivity contribution in [3.63, 3.8) is 0 Å². The first-order chi connectivity index (χ1) is 9.38. The molecule has 1 heterocycles. The highest BCUT2D eigenvalue weighted by Crippen LogP contribution is 2.33. The summed E-state index contributed by atoms with van der Waals surface area (Å²) < 4.78 is 0. The molecular formula is C14H20ClN3O2. The quantitative estimate of drug-likeness (QED) is 0.832. The van der Waals surface area contributed by atoms with Gasteiger partial charge in [-0.25, -0.2) is 4.79 Å². The number of hydrogen-bond donors (Lipinski definition) is 2. The van der Waals surface area contributed by atoms with E-state index in [0.717, 1.165) is 26.1 Å². The van der Waals surface area contributed by atoms with Crippen LogP contribution in [0.15, 0.2) is 12.1 Å². The average Bonchev–Trinajstić information content (AvgIpc) is 2.73. The van der Waals surface area contributed by atoms with Gasteiger partial charge in [0.1, 0.15) is 0 Å². The Balaban J connectivity index is 2.24. The summed E-state index contributed by atoms with van der Waals surface area (Å²) in [6.45, 7) is 2.90. The maximum Gasteiger partial charge on any atom is 0.337 e. The van der Waals surface area contributed by atoms with E-state index in [1.165, 1.54) is 6.07 Å². The number of nitrogens with zero attached hydrogens (tertiary/aromatic N) is 2. The molecule has 0 spiro atoms. The molecule has 0 saturated carbocycles. The summed E-state index contributed by atoms with van der Waals surface area (Å²) in [6, 6.07) is 3.06. The van der Waals surface area contributed by atoms with Crippen LogP contribution in [0.5, 0.6) is 0 Å². The molecule has 5 nitrogen and oxygen atoms in total. The Kier molecular flexibility index (Phi) is 4.40. The number of carboxylic acids is 1. The summed E-state index contributed by atoms with van der Waals surface area (Å²) in [5.74, 6) is -0.482. The fraction of sp³-hybridized carbons (Fsp3) is 0.500.